The maximum absolute atomic E-state index is 11.9. The number of hydrogen-bond donors (Lipinski definition) is 1. The molecule has 0 saturated carbocycles. The van der Waals surface area contributed by atoms with Crippen LogP contribution >= 0.6 is 0 Å². The van der Waals surface area contributed by atoms with Gasteiger partial charge in [-0.25, -0.2) is 0 Å². The second-order valence-corrected chi connectivity index (χ2v) is 3.99. The fourth-order valence-corrected chi connectivity index (χ4v) is 1.51. The Morgan fingerprint density at radius 2 is 1.95 bits per heavy atom. The number of carbonyl (C=O) groups is 1. The van der Waals surface area contributed by atoms with Crippen LogP contribution in [0.25, 0.3) is 0 Å². The molecular weight excluding hydrogens is 291 g/mol. The van der Waals surface area contributed by atoms with Crippen molar-refractivity contribution in [2.45, 2.75) is 6.18 Å². The number of methoxy groups -OCH3 is 2. The zero-order valence-electron chi connectivity index (χ0n) is 11.6. The van der Waals surface area contributed by atoms with Crippen LogP contribution in [0.3, 0.4) is 0 Å². The number of benzene rings is 1. The Labute approximate surface area is 120 Å². The van der Waals surface area contributed by atoms with Gasteiger partial charge in [-0.15, -0.1) is 0 Å². The van der Waals surface area contributed by atoms with E-state index in [1.165, 1.54) is 20.3 Å². The normalized spacial score (nSPS) is 11.1. The summed E-state index contributed by atoms with van der Waals surface area (Å²) in [5.41, 5.74) is 0.229. The van der Waals surface area contributed by atoms with E-state index in [0.29, 0.717) is 11.5 Å². The number of ether oxygens (including phenoxy) is 3. The summed E-state index contributed by atoms with van der Waals surface area (Å²) in [4.78, 5) is 11.9. The molecule has 0 bridgehead atoms. The number of halogens is 3. The molecule has 1 amide bonds. The SMILES string of the molecule is COc1ccc(OC)c(C(=O)NCCOCC(F)(F)F)c1. The lowest BCUT2D eigenvalue weighted by Crippen LogP contribution is -2.29. The standard InChI is InChI=1S/C13H16F3NO4/c1-19-9-3-4-11(20-2)10(7-9)12(18)17-5-6-21-8-13(14,15)16/h3-4,7H,5-6,8H2,1-2H3,(H,17,18). The largest absolute Gasteiger partial charge is 0.497 e. The predicted molar refractivity (Wildman–Crippen MR) is 68.8 cm³/mol. The van der Waals surface area contributed by atoms with E-state index in [9.17, 15) is 18.0 Å². The molecule has 0 radical (unpaired) electrons. The molecule has 0 aromatic heterocycles. The smallest absolute Gasteiger partial charge is 0.411 e. The molecule has 0 spiro atoms. The van der Waals surface area contributed by atoms with Crippen LogP contribution in [0.4, 0.5) is 13.2 Å². The van der Waals surface area contributed by atoms with Gasteiger partial charge in [0.1, 0.15) is 18.1 Å². The summed E-state index contributed by atoms with van der Waals surface area (Å²) >= 11 is 0. The third-order valence-corrected chi connectivity index (χ3v) is 2.45. The van der Waals surface area contributed by atoms with Crippen molar-refractivity contribution in [1.29, 1.82) is 0 Å². The fourth-order valence-electron chi connectivity index (χ4n) is 1.51. The average Bonchev–Trinajstić information content (AvgIpc) is 2.44. The van der Waals surface area contributed by atoms with E-state index in [-0.39, 0.29) is 18.7 Å². The van der Waals surface area contributed by atoms with E-state index in [4.69, 9.17) is 9.47 Å². The molecular formula is C13H16F3NO4. The van der Waals surface area contributed by atoms with Crippen LogP contribution in [0.2, 0.25) is 0 Å². The highest BCUT2D eigenvalue weighted by Gasteiger charge is 2.27. The first-order chi connectivity index (χ1) is 9.87. The van der Waals surface area contributed by atoms with Crippen LogP contribution in [0, 0.1) is 0 Å². The van der Waals surface area contributed by atoms with E-state index in [1.54, 1.807) is 12.1 Å². The van der Waals surface area contributed by atoms with Crippen molar-refractivity contribution >= 4 is 5.91 Å². The van der Waals surface area contributed by atoms with E-state index < -0.39 is 18.7 Å². The Morgan fingerprint density at radius 1 is 1.24 bits per heavy atom. The summed E-state index contributed by atoms with van der Waals surface area (Å²) in [6, 6.07) is 4.67. The van der Waals surface area contributed by atoms with Gasteiger partial charge in [-0.05, 0) is 18.2 Å². The molecule has 0 heterocycles. The summed E-state index contributed by atoms with van der Waals surface area (Å²) in [6.45, 7) is -1.63. The van der Waals surface area contributed by atoms with Gasteiger partial charge in [0.05, 0.1) is 26.4 Å². The molecule has 0 aliphatic rings. The summed E-state index contributed by atoms with van der Waals surface area (Å²) in [5, 5.41) is 2.44. The third kappa shape index (κ3) is 5.90. The molecule has 0 saturated heterocycles. The number of carbonyl (C=O) groups excluding carboxylic acids is 1. The minimum Gasteiger partial charge on any atom is -0.497 e. The highest BCUT2D eigenvalue weighted by atomic mass is 19.4. The van der Waals surface area contributed by atoms with Gasteiger partial charge >= 0.3 is 6.18 Å². The lowest BCUT2D eigenvalue weighted by Gasteiger charge is -2.11. The Balaban J connectivity index is 2.51. The third-order valence-electron chi connectivity index (χ3n) is 2.45. The Bertz CT molecular complexity index is 477. The van der Waals surface area contributed by atoms with Gasteiger partial charge in [0, 0.05) is 6.54 Å². The highest BCUT2D eigenvalue weighted by Crippen LogP contribution is 2.23. The van der Waals surface area contributed by atoms with Gasteiger partial charge in [0.25, 0.3) is 5.91 Å². The Kier molecular flexibility index (Phi) is 6.29. The van der Waals surface area contributed by atoms with Crippen molar-refractivity contribution in [2.75, 3.05) is 34.0 Å². The van der Waals surface area contributed by atoms with E-state index >= 15 is 0 Å². The monoisotopic (exact) mass is 307 g/mol. The van der Waals surface area contributed by atoms with E-state index in [2.05, 4.69) is 10.1 Å². The van der Waals surface area contributed by atoms with Crippen LogP contribution in [0.15, 0.2) is 18.2 Å². The summed E-state index contributed by atoms with van der Waals surface area (Å²) in [6.07, 6.45) is -4.37. The Hall–Kier alpha value is -1.96. The van der Waals surface area contributed by atoms with Crippen LogP contribution in [0.5, 0.6) is 11.5 Å². The number of nitrogens with one attached hydrogen (secondary N) is 1. The van der Waals surface area contributed by atoms with Gasteiger partial charge in [-0.1, -0.05) is 0 Å². The average molecular weight is 307 g/mol. The van der Waals surface area contributed by atoms with Crippen molar-refractivity contribution in [3.05, 3.63) is 23.8 Å². The first-order valence-corrected chi connectivity index (χ1v) is 6.02. The van der Waals surface area contributed by atoms with Crippen LogP contribution in [-0.4, -0.2) is 46.1 Å². The van der Waals surface area contributed by atoms with Crippen molar-refractivity contribution in [3.63, 3.8) is 0 Å². The van der Waals surface area contributed by atoms with Gasteiger partial charge in [-0.3, -0.25) is 4.79 Å². The number of hydrogen-bond acceptors (Lipinski definition) is 4. The topological polar surface area (TPSA) is 56.8 Å². The minimum absolute atomic E-state index is 0.0464. The molecule has 0 atom stereocenters. The van der Waals surface area contributed by atoms with Crippen molar-refractivity contribution in [1.82, 2.24) is 5.32 Å². The molecule has 8 heteroatoms. The molecule has 1 aromatic carbocycles. The summed E-state index contributed by atoms with van der Waals surface area (Å²) < 4.78 is 50.0. The van der Waals surface area contributed by atoms with Crippen LogP contribution < -0.4 is 14.8 Å². The van der Waals surface area contributed by atoms with Gasteiger partial charge in [-0.2, -0.15) is 13.2 Å². The molecule has 5 nitrogen and oxygen atoms in total. The van der Waals surface area contributed by atoms with Crippen LogP contribution in [-0.2, 0) is 4.74 Å². The molecule has 118 valence electrons. The summed E-state index contributed by atoms with van der Waals surface area (Å²) in [5.74, 6) is 0.320. The summed E-state index contributed by atoms with van der Waals surface area (Å²) in [7, 11) is 2.86. The maximum atomic E-state index is 11.9. The minimum atomic E-state index is -4.37. The first-order valence-electron chi connectivity index (χ1n) is 6.02. The second-order valence-electron chi connectivity index (χ2n) is 3.99. The predicted octanol–water partition coefficient (Wildman–Crippen LogP) is 2.01. The van der Waals surface area contributed by atoms with Crippen molar-refractivity contribution < 1.29 is 32.2 Å². The molecule has 1 N–H and O–H groups in total. The lowest BCUT2D eigenvalue weighted by atomic mass is 10.1. The molecule has 0 unspecified atom stereocenters. The second kappa shape index (κ2) is 7.72. The van der Waals surface area contributed by atoms with Crippen LogP contribution in [0.1, 0.15) is 10.4 Å². The van der Waals surface area contributed by atoms with Gasteiger partial charge in [0.2, 0.25) is 0 Å². The Morgan fingerprint density at radius 3 is 2.52 bits per heavy atom. The van der Waals surface area contributed by atoms with Crippen molar-refractivity contribution in [3.8, 4) is 11.5 Å². The fraction of sp³-hybridized carbons (Fsp3) is 0.462. The first kappa shape index (κ1) is 17.1. The highest BCUT2D eigenvalue weighted by molar-refractivity contribution is 5.97. The molecule has 0 aliphatic heterocycles. The lowest BCUT2D eigenvalue weighted by molar-refractivity contribution is -0.173. The number of alkyl halides is 3. The van der Waals surface area contributed by atoms with E-state index in [0.717, 1.165) is 0 Å². The molecule has 1 rings (SSSR count). The zero-order chi connectivity index (χ0) is 15.9. The molecule has 1 aromatic rings. The molecule has 0 fully saturated rings. The maximum Gasteiger partial charge on any atom is 0.411 e. The number of rotatable bonds is 7. The van der Waals surface area contributed by atoms with Gasteiger partial charge < -0.3 is 19.5 Å². The quantitative estimate of drug-likeness (QED) is 0.783. The van der Waals surface area contributed by atoms with Crippen molar-refractivity contribution in [2.24, 2.45) is 0 Å². The number of amides is 1. The van der Waals surface area contributed by atoms with E-state index in [1.807, 2.05) is 0 Å². The molecule has 0 aliphatic carbocycles. The zero-order valence-corrected chi connectivity index (χ0v) is 11.6. The molecule has 21 heavy (non-hydrogen) atoms. The van der Waals surface area contributed by atoms with Gasteiger partial charge in [0.15, 0.2) is 0 Å².